The number of ketones is 1. The minimum atomic E-state index is -0.586. The van der Waals surface area contributed by atoms with Crippen molar-refractivity contribution >= 4 is 40.7 Å². The Morgan fingerprint density at radius 2 is 1.88 bits per heavy atom. The van der Waals surface area contributed by atoms with Gasteiger partial charge in [-0.3, -0.25) is 9.59 Å². The number of carbonyl (C=O) groups is 2. The smallest absolute Gasteiger partial charge is 0.234 e. The highest BCUT2D eigenvalue weighted by molar-refractivity contribution is 8.03. The lowest BCUT2D eigenvalue weighted by molar-refractivity contribution is -0.114. The summed E-state index contributed by atoms with van der Waals surface area (Å²) in [7, 11) is 0. The van der Waals surface area contributed by atoms with E-state index in [0.717, 1.165) is 16.8 Å². The van der Waals surface area contributed by atoms with Crippen molar-refractivity contribution in [2.24, 2.45) is 0 Å². The average Bonchev–Trinajstić information content (AvgIpc) is 2.75. The molecule has 2 N–H and O–H groups in total. The standard InChI is InChI=1S/C25H24ClN3O2S/c1-14-8-7-11-21(15(14)2)29-22(31)13-32-25-19(12-27)24(18-9-5-6-10-20(18)26)23(17(4)30)16(3)28-25/h5-11,24,28H,13H2,1-4H3,(H,29,31)/t24-/m0/s1. The molecule has 1 atom stereocenters. The number of hydrogen-bond acceptors (Lipinski definition) is 5. The van der Waals surface area contributed by atoms with Crippen molar-refractivity contribution in [1.82, 2.24) is 5.32 Å². The van der Waals surface area contributed by atoms with E-state index in [0.29, 0.717) is 32.5 Å². The van der Waals surface area contributed by atoms with Crippen LogP contribution in [0.2, 0.25) is 5.02 Å². The van der Waals surface area contributed by atoms with E-state index in [1.807, 2.05) is 44.2 Å². The zero-order valence-corrected chi connectivity index (χ0v) is 19.9. The summed E-state index contributed by atoms with van der Waals surface area (Å²) in [5.74, 6) is -0.788. The molecule has 0 aromatic heterocycles. The molecule has 0 aliphatic carbocycles. The molecule has 0 spiro atoms. The van der Waals surface area contributed by atoms with Crippen LogP contribution in [0.15, 0.2) is 64.3 Å². The van der Waals surface area contributed by atoms with Crippen molar-refractivity contribution in [2.75, 3.05) is 11.1 Å². The number of anilines is 1. The van der Waals surface area contributed by atoms with Crippen LogP contribution in [0.4, 0.5) is 5.69 Å². The second-order valence-electron chi connectivity index (χ2n) is 7.61. The molecule has 2 aromatic carbocycles. The normalized spacial score (nSPS) is 15.8. The van der Waals surface area contributed by atoms with Gasteiger partial charge in [0.1, 0.15) is 0 Å². The molecule has 0 saturated carbocycles. The number of nitrogens with one attached hydrogen (secondary N) is 2. The number of benzene rings is 2. The van der Waals surface area contributed by atoms with Gasteiger partial charge in [0, 0.05) is 22.0 Å². The van der Waals surface area contributed by atoms with E-state index in [9.17, 15) is 14.9 Å². The van der Waals surface area contributed by atoms with E-state index < -0.39 is 5.92 Å². The first-order valence-electron chi connectivity index (χ1n) is 10.1. The second-order valence-corrected chi connectivity index (χ2v) is 9.01. The minimum absolute atomic E-state index is 0.110. The molecule has 1 aliphatic heterocycles. The molecule has 0 bridgehead atoms. The van der Waals surface area contributed by atoms with E-state index in [-0.39, 0.29) is 17.4 Å². The van der Waals surface area contributed by atoms with Gasteiger partial charge in [-0.2, -0.15) is 5.26 Å². The third-order valence-corrected chi connectivity index (χ3v) is 6.83. The van der Waals surface area contributed by atoms with E-state index in [1.54, 1.807) is 19.1 Å². The minimum Gasteiger partial charge on any atom is -0.353 e. The molecule has 1 heterocycles. The Morgan fingerprint density at radius 3 is 2.53 bits per heavy atom. The third kappa shape index (κ3) is 4.90. The zero-order chi connectivity index (χ0) is 23.4. The van der Waals surface area contributed by atoms with Crippen molar-refractivity contribution in [3.05, 3.63) is 86.0 Å². The summed E-state index contributed by atoms with van der Waals surface area (Å²) in [6.07, 6.45) is 0. The van der Waals surface area contributed by atoms with E-state index in [1.165, 1.54) is 18.7 Å². The maximum atomic E-state index is 12.6. The number of aryl methyl sites for hydroxylation is 1. The Labute approximate surface area is 197 Å². The van der Waals surface area contributed by atoms with Gasteiger partial charge in [-0.1, -0.05) is 53.7 Å². The van der Waals surface area contributed by atoms with Gasteiger partial charge in [0.2, 0.25) is 5.91 Å². The van der Waals surface area contributed by atoms with Crippen LogP contribution in [0.25, 0.3) is 0 Å². The molecular formula is C25H24ClN3O2S. The van der Waals surface area contributed by atoms with Gasteiger partial charge in [0.05, 0.1) is 28.3 Å². The number of hydrogen-bond donors (Lipinski definition) is 2. The number of dihydropyridines is 1. The molecule has 7 heteroatoms. The van der Waals surface area contributed by atoms with E-state index in [4.69, 9.17) is 11.6 Å². The van der Waals surface area contributed by atoms with E-state index in [2.05, 4.69) is 16.7 Å². The van der Waals surface area contributed by atoms with Crippen LogP contribution in [0.5, 0.6) is 0 Å². The summed E-state index contributed by atoms with van der Waals surface area (Å²) in [6, 6.07) is 15.2. The summed E-state index contributed by atoms with van der Waals surface area (Å²) in [4.78, 5) is 25.1. The van der Waals surface area contributed by atoms with Gasteiger partial charge in [0.15, 0.2) is 5.78 Å². The Bertz CT molecular complexity index is 1190. The summed E-state index contributed by atoms with van der Waals surface area (Å²) in [5, 5.41) is 17.1. The highest BCUT2D eigenvalue weighted by Crippen LogP contribution is 2.42. The highest BCUT2D eigenvalue weighted by atomic mass is 35.5. The summed E-state index contributed by atoms with van der Waals surface area (Å²) >= 11 is 7.67. The highest BCUT2D eigenvalue weighted by Gasteiger charge is 2.34. The molecule has 5 nitrogen and oxygen atoms in total. The monoisotopic (exact) mass is 465 g/mol. The topological polar surface area (TPSA) is 82.0 Å². The largest absolute Gasteiger partial charge is 0.353 e. The van der Waals surface area contributed by atoms with Crippen LogP contribution >= 0.6 is 23.4 Å². The number of nitrogens with zero attached hydrogens (tertiary/aromatic N) is 1. The SMILES string of the molecule is CC(=O)C1=C(C)NC(SCC(=O)Nc2cccc(C)c2C)=C(C#N)[C@@H]1c1ccccc1Cl. The Balaban J connectivity index is 1.90. The molecule has 0 fully saturated rings. The number of Topliss-reactive ketones (excluding diaryl/α,β-unsaturated/α-hetero) is 1. The fourth-order valence-corrected chi connectivity index (χ4v) is 4.86. The molecule has 3 rings (SSSR count). The Morgan fingerprint density at radius 1 is 1.16 bits per heavy atom. The number of nitriles is 1. The molecule has 32 heavy (non-hydrogen) atoms. The quantitative estimate of drug-likeness (QED) is 0.579. The molecule has 1 aliphatic rings. The molecule has 0 radical (unpaired) electrons. The summed E-state index contributed by atoms with van der Waals surface area (Å²) in [6.45, 7) is 7.23. The van der Waals surface area contributed by atoms with Crippen molar-refractivity contribution in [2.45, 2.75) is 33.6 Å². The number of allylic oxidation sites excluding steroid dienone is 3. The van der Waals surface area contributed by atoms with Crippen LogP contribution in [-0.2, 0) is 9.59 Å². The van der Waals surface area contributed by atoms with Gasteiger partial charge < -0.3 is 10.6 Å². The van der Waals surface area contributed by atoms with Crippen molar-refractivity contribution in [3.8, 4) is 6.07 Å². The van der Waals surface area contributed by atoms with Gasteiger partial charge in [0.25, 0.3) is 0 Å². The van der Waals surface area contributed by atoms with Crippen LogP contribution in [-0.4, -0.2) is 17.4 Å². The van der Waals surface area contributed by atoms with Crippen LogP contribution in [0, 0.1) is 25.2 Å². The van der Waals surface area contributed by atoms with Crippen molar-refractivity contribution in [3.63, 3.8) is 0 Å². The number of amides is 1. The first-order valence-corrected chi connectivity index (χ1v) is 11.5. The van der Waals surface area contributed by atoms with Gasteiger partial charge >= 0.3 is 0 Å². The van der Waals surface area contributed by atoms with E-state index >= 15 is 0 Å². The van der Waals surface area contributed by atoms with Crippen molar-refractivity contribution in [1.29, 1.82) is 5.26 Å². The lowest BCUT2D eigenvalue weighted by atomic mass is 9.81. The third-order valence-electron chi connectivity index (χ3n) is 5.47. The maximum absolute atomic E-state index is 12.6. The fourth-order valence-electron chi connectivity index (χ4n) is 3.72. The first kappa shape index (κ1) is 23.6. The predicted molar refractivity (Wildman–Crippen MR) is 130 cm³/mol. The zero-order valence-electron chi connectivity index (χ0n) is 18.4. The molecular weight excluding hydrogens is 442 g/mol. The summed E-state index contributed by atoms with van der Waals surface area (Å²) < 4.78 is 0. The fraction of sp³-hybridized carbons (Fsp3) is 0.240. The lowest BCUT2D eigenvalue weighted by Gasteiger charge is -2.29. The van der Waals surface area contributed by atoms with Crippen LogP contribution in [0.1, 0.15) is 36.5 Å². The van der Waals surface area contributed by atoms with Gasteiger partial charge in [-0.05, 0) is 56.5 Å². The molecule has 0 saturated heterocycles. The van der Waals surface area contributed by atoms with Gasteiger partial charge in [-0.15, -0.1) is 0 Å². The number of rotatable bonds is 6. The number of carbonyl (C=O) groups excluding carboxylic acids is 2. The number of thioether (sulfide) groups is 1. The average molecular weight is 466 g/mol. The Hall–Kier alpha value is -3.01. The second kappa shape index (κ2) is 10.1. The van der Waals surface area contributed by atoms with Gasteiger partial charge in [-0.25, -0.2) is 0 Å². The number of halogens is 1. The van der Waals surface area contributed by atoms with Crippen molar-refractivity contribution < 1.29 is 9.59 Å². The first-order chi connectivity index (χ1) is 15.2. The maximum Gasteiger partial charge on any atom is 0.234 e. The predicted octanol–water partition coefficient (Wildman–Crippen LogP) is 5.61. The molecule has 1 amide bonds. The molecule has 2 aromatic rings. The molecule has 0 unspecified atom stereocenters. The summed E-state index contributed by atoms with van der Waals surface area (Å²) in [5.41, 5.74) is 5.10. The lowest BCUT2D eigenvalue weighted by Crippen LogP contribution is -2.28. The van der Waals surface area contributed by atoms with Crippen LogP contribution in [0.3, 0.4) is 0 Å². The molecule has 164 valence electrons. The Kier molecular flexibility index (Phi) is 7.44. The van der Waals surface area contributed by atoms with Crippen LogP contribution < -0.4 is 10.6 Å².